The van der Waals surface area contributed by atoms with Gasteiger partial charge in [0.2, 0.25) is 5.95 Å². The van der Waals surface area contributed by atoms with Gasteiger partial charge in [0, 0.05) is 0 Å². The molecule has 10 heteroatoms. The molecule has 2 N–H and O–H groups in total. The first kappa shape index (κ1) is 13.8. The Morgan fingerprint density at radius 2 is 2.25 bits per heavy atom. The van der Waals surface area contributed by atoms with Crippen LogP contribution < -0.4 is 9.46 Å². The zero-order valence-electron chi connectivity index (χ0n) is 10.1. The number of anilines is 1. The number of halogens is 1. The van der Waals surface area contributed by atoms with Crippen molar-refractivity contribution in [2.45, 2.75) is 4.90 Å². The van der Waals surface area contributed by atoms with Crippen LogP contribution in [0.2, 0.25) is 0 Å². The van der Waals surface area contributed by atoms with E-state index in [1.165, 1.54) is 7.11 Å². The summed E-state index contributed by atoms with van der Waals surface area (Å²) in [6.45, 7) is 0. The second-order valence-corrected chi connectivity index (χ2v) is 5.21. The molecule has 0 aliphatic carbocycles. The van der Waals surface area contributed by atoms with E-state index < -0.39 is 15.8 Å². The van der Waals surface area contributed by atoms with Crippen molar-refractivity contribution in [2.24, 2.45) is 0 Å². The van der Waals surface area contributed by atoms with E-state index in [9.17, 15) is 12.8 Å². The predicted molar refractivity (Wildman–Crippen MR) is 64.9 cm³/mol. The molecule has 1 aromatic heterocycles. The average molecular weight is 297 g/mol. The molecule has 0 aliphatic heterocycles. The van der Waals surface area contributed by atoms with Gasteiger partial charge in [-0.05, 0) is 18.2 Å². The highest BCUT2D eigenvalue weighted by molar-refractivity contribution is 7.92. The Hall–Kier alpha value is -2.67. The topological polar surface area (TPSA) is 121 Å². The molecule has 0 bridgehead atoms. The van der Waals surface area contributed by atoms with Crippen LogP contribution in [0.5, 0.6) is 6.01 Å². The number of nitrogens with zero attached hydrogens (tertiary/aromatic N) is 3. The fourth-order valence-electron chi connectivity index (χ4n) is 1.33. The minimum atomic E-state index is -4.01. The average Bonchev–Trinajstić information content (AvgIpc) is 2.86. The molecule has 8 nitrogen and oxygen atoms in total. The first-order chi connectivity index (χ1) is 9.46. The number of benzene rings is 1. The molecule has 1 heterocycles. The number of aromatic amines is 1. The summed E-state index contributed by atoms with van der Waals surface area (Å²) in [4.78, 5) is 3.41. The van der Waals surface area contributed by atoms with E-state index in [4.69, 9.17) is 5.26 Å². The van der Waals surface area contributed by atoms with Crippen molar-refractivity contribution in [3.63, 3.8) is 0 Å². The number of methoxy groups -OCH3 is 1. The van der Waals surface area contributed by atoms with E-state index in [1.54, 1.807) is 6.07 Å². The van der Waals surface area contributed by atoms with Crippen LogP contribution >= 0.6 is 0 Å². The number of sulfonamides is 1. The number of nitrogens with one attached hydrogen (secondary N) is 2. The highest BCUT2D eigenvalue weighted by Gasteiger charge is 2.18. The van der Waals surface area contributed by atoms with E-state index in [1.807, 2.05) is 0 Å². The SMILES string of the molecule is COc1n[nH]c(NS(=O)(=O)c2ccc(F)c(C#N)c2)n1. The lowest BCUT2D eigenvalue weighted by Crippen LogP contribution is -2.14. The van der Waals surface area contributed by atoms with Crippen molar-refractivity contribution in [2.75, 3.05) is 11.8 Å². The van der Waals surface area contributed by atoms with Gasteiger partial charge < -0.3 is 4.74 Å². The van der Waals surface area contributed by atoms with E-state index in [0.717, 1.165) is 18.2 Å². The van der Waals surface area contributed by atoms with E-state index >= 15 is 0 Å². The Balaban J connectivity index is 2.33. The lowest BCUT2D eigenvalue weighted by molar-refractivity contribution is 0.382. The maximum absolute atomic E-state index is 13.2. The molecule has 0 aliphatic rings. The molecular formula is C10H8FN5O3S. The van der Waals surface area contributed by atoms with Crippen LogP contribution in [0.25, 0.3) is 0 Å². The van der Waals surface area contributed by atoms with Gasteiger partial charge in [-0.2, -0.15) is 10.2 Å². The molecule has 0 spiro atoms. The van der Waals surface area contributed by atoms with Gasteiger partial charge >= 0.3 is 6.01 Å². The highest BCUT2D eigenvalue weighted by Crippen LogP contribution is 2.17. The minimum Gasteiger partial charge on any atom is -0.466 e. The summed E-state index contributed by atoms with van der Waals surface area (Å²) < 4.78 is 43.9. The van der Waals surface area contributed by atoms with E-state index in [-0.39, 0.29) is 22.4 Å². The third-order valence-electron chi connectivity index (χ3n) is 2.25. The molecule has 0 unspecified atom stereocenters. The number of H-pyrrole nitrogens is 1. The van der Waals surface area contributed by atoms with Crippen molar-refractivity contribution < 1.29 is 17.5 Å². The Bertz CT molecular complexity index is 780. The molecule has 0 saturated heterocycles. The van der Waals surface area contributed by atoms with Gasteiger partial charge in [-0.1, -0.05) is 0 Å². The number of hydrogen-bond donors (Lipinski definition) is 2. The number of aromatic nitrogens is 3. The normalized spacial score (nSPS) is 10.8. The summed E-state index contributed by atoms with van der Waals surface area (Å²) in [7, 11) is -2.69. The summed E-state index contributed by atoms with van der Waals surface area (Å²) in [6, 6.07) is 4.37. The fourth-order valence-corrected chi connectivity index (χ4v) is 2.31. The quantitative estimate of drug-likeness (QED) is 0.853. The number of hydrogen-bond acceptors (Lipinski definition) is 6. The van der Waals surface area contributed by atoms with Crippen LogP contribution in [-0.4, -0.2) is 30.7 Å². The van der Waals surface area contributed by atoms with Gasteiger partial charge in [0.1, 0.15) is 11.9 Å². The van der Waals surface area contributed by atoms with Crippen molar-refractivity contribution in [3.8, 4) is 12.1 Å². The third kappa shape index (κ3) is 2.67. The standard InChI is InChI=1S/C10H8FN5O3S/c1-19-10-13-9(14-15-10)16-20(17,18)7-2-3-8(11)6(4-7)5-12/h2-4H,1H3,(H2,13,14,15,16). The van der Waals surface area contributed by atoms with Gasteiger partial charge in [-0.3, -0.25) is 0 Å². The smallest absolute Gasteiger partial charge is 0.336 e. The lowest BCUT2D eigenvalue weighted by Gasteiger charge is -2.05. The summed E-state index contributed by atoms with van der Waals surface area (Å²) in [5.41, 5.74) is -0.372. The monoisotopic (exact) mass is 297 g/mol. The minimum absolute atomic E-state index is 0.0421. The Morgan fingerprint density at radius 1 is 1.50 bits per heavy atom. The molecule has 0 amide bonds. The Labute approximate surface area is 113 Å². The summed E-state index contributed by atoms with van der Waals surface area (Å²) in [5, 5.41) is 14.6. The second kappa shape index (κ2) is 5.14. The Morgan fingerprint density at radius 3 is 2.85 bits per heavy atom. The molecule has 0 atom stereocenters. The Kier molecular flexibility index (Phi) is 3.53. The third-order valence-corrected chi connectivity index (χ3v) is 3.58. The van der Waals surface area contributed by atoms with Crippen LogP contribution in [0.15, 0.2) is 23.1 Å². The zero-order chi connectivity index (χ0) is 14.8. The van der Waals surface area contributed by atoms with Gasteiger partial charge in [0.05, 0.1) is 17.6 Å². The van der Waals surface area contributed by atoms with Crippen molar-refractivity contribution in [3.05, 3.63) is 29.6 Å². The first-order valence-electron chi connectivity index (χ1n) is 5.15. The number of rotatable bonds is 4. The van der Waals surface area contributed by atoms with Gasteiger partial charge in [0.25, 0.3) is 10.0 Å². The van der Waals surface area contributed by atoms with Crippen molar-refractivity contribution in [1.82, 2.24) is 15.2 Å². The van der Waals surface area contributed by atoms with Crippen LogP contribution in [0, 0.1) is 17.1 Å². The van der Waals surface area contributed by atoms with Crippen LogP contribution in [0.1, 0.15) is 5.56 Å². The summed E-state index contributed by atoms with van der Waals surface area (Å²) >= 11 is 0. The molecule has 20 heavy (non-hydrogen) atoms. The van der Waals surface area contributed by atoms with Crippen LogP contribution in [0.4, 0.5) is 10.3 Å². The molecule has 1 aromatic carbocycles. The summed E-state index contributed by atoms with van der Waals surface area (Å²) in [5.74, 6) is -0.961. The van der Waals surface area contributed by atoms with Crippen molar-refractivity contribution >= 4 is 16.0 Å². The lowest BCUT2D eigenvalue weighted by atomic mass is 10.2. The molecule has 0 saturated carbocycles. The van der Waals surface area contributed by atoms with Gasteiger partial charge in [-0.15, -0.1) is 5.10 Å². The maximum Gasteiger partial charge on any atom is 0.336 e. The molecular weight excluding hydrogens is 289 g/mol. The van der Waals surface area contributed by atoms with E-state index in [2.05, 4.69) is 24.6 Å². The first-order valence-corrected chi connectivity index (χ1v) is 6.63. The van der Waals surface area contributed by atoms with Crippen molar-refractivity contribution in [1.29, 1.82) is 5.26 Å². The molecule has 2 aromatic rings. The fraction of sp³-hybridized carbons (Fsp3) is 0.100. The highest BCUT2D eigenvalue weighted by atomic mass is 32.2. The summed E-state index contributed by atoms with van der Waals surface area (Å²) in [6.07, 6.45) is 0. The van der Waals surface area contributed by atoms with Gasteiger partial charge in [-0.25, -0.2) is 22.6 Å². The second-order valence-electron chi connectivity index (χ2n) is 3.53. The molecule has 2 rings (SSSR count). The van der Waals surface area contributed by atoms with Crippen LogP contribution in [-0.2, 0) is 10.0 Å². The van der Waals surface area contributed by atoms with Crippen LogP contribution in [0.3, 0.4) is 0 Å². The zero-order valence-corrected chi connectivity index (χ0v) is 10.9. The molecule has 104 valence electrons. The molecule has 0 fully saturated rings. The van der Waals surface area contributed by atoms with Gasteiger partial charge in [0.15, 0.2) is 0 Å². The maximum atomic E-state index is 13.2. The molecule has 0 radical (unpaired) electrons. The van der Waals surface area contributed by atoms with E-state index in [0.29, 0.717) is 0 Å². The largest absolute Gasteiger partial charge is 0.466 e. The number of nitriles is 1. The number of ether oxygens (including phenoxy) is 1. The predicted octanol–water partition coefficient (Wildman–Crippen LogP) is 0.625.